The van der Waals surface area contributed by atoms with E-state index in [4.69, 9.17) is 9.47 Å². The fourth-order valence-corrected chi connectivity index (χ4v) is 2.00. The molecule has 126 valence electrons. The predicted octanol–water partition coefficient (Wildman–Crippen LogP) is 4.82. The predicted molar refractivity (Wildman–Crippen MR) is 99.1 cm³/mol. The number of ether oxygens (including phenoxy) is 2. The molecule has 0 saturated heterocycles. The minimum atomic E-state index is -0.450. The lowest BCUT2D eigenvalue weighted by atomic mass is 10.1. The van der Waals surface area contributed by atoms with E-state index < -0.39 is 5.97 Å². The van der Waals surface area contributed by atoms with Gasteiger partial charge in [-0.1, -0.05) is 38.3 Å². The lowest BCUT2D eigenvalue weighted by Gasteiger charge is -2.13. The highest BCUT2D eigenvalue weighted by Gasteiger charge is 2.07. The van der Waals surface area contributed by atoms with Crippen LogP contribution in [0, 0.1) is 0 Å². The Hall–Kier alpha value is -2.88. The van der Waals surface area contributed by atoms with Crippen molar-refractivity contribution in [1.29, 1.82) is 0 Å². The maximum atomic E-state index is 11.1. The third kappa shape index (κ3) is 5.39. The Balaban J connectivity index is 0.00000288. The summed E-state index contributed by atoms with van der Waals surface area (Å²) in [6.07, 6.45) is 0.803. The van der Waals surface area contributed by atoms with Gasteiger partial charge in [-0.05, 0) is 49.0 Å². The number of carbonyl (C=O) groups excluding carboxylic acids is 1. The number of nitrogens with zero attached hydrogens (tertiary/aromatic N) is 1. The minimum Gasteiger partial charge on any atom is -0.490 e. The van der Waals surface area contributed by atoms with Crippen molar-refractivity contribution in [2.75, 3.05) is 6.61 Å². The van der Waals surface area contributed by atoms with Gasteiger partial charge in [0.15, 0.2) is 0 Å². The first-order valence-electron chi connectivity index (χ1n) is 7.25. The fraction of sp³-hybridized carbons (Fsp3) is 0.200. The smallest absolute Gasteiger partial charge is 0.330 e. The van der Waals surface area contributed by atoms with Crippen LogP contribution in [-0.2, 0) is 9.53 Å². The maximum absolute atomic E-state index is 11.1. The fourth-order valence-electron chi connectivity index (χ4n) is 2.00. The molecule has 0 radical (unpaired) electrons. The zero-order valence-corrected chi connectivity index (χ0v) is 13.1. The molecule has 0 aromatic heterocycles. The molecule has 4 nitrogen and oxygen atoms in total. The van der Waals surface area contributed by atoms with Crippen LogP contribution in [0.3, 0.4) is 0 Å². The number of aliphatic imine (C=N–C) groups is 1. The second kappa shape index (κ2) is 9.30. The zero-order valence-electron chi connectivity index (χ0n) is 13.1. The topological polar surface area (TPSA) is 47.9 Å². The summed E-state index contributed by atoms with van der Waals surface area (Å²) in [7, 11) is 0. The standard InChI is InChI=1S/C19H19NO3.CH4/c1-4-19(21)23-14(2)13-22-18-11-7-16(8-12-18)15-5-9-17(20-3)10-6-15;/h4-12,14H,1,3,13H2,2H3;1H4/t14-;/m0./s1. The summed E-state index contributed by atoms with van der Waals surface area (Å²) in [6, 6.07) is 15.6. The van der Waals surface area contributed by atoms with Gasteiger partial charge in [0.25, 0.3) is 0 Å². The van der Waals surface area contributed by atoms with Gasteiger partial charge >= 0.3 is 5.97 Å². The van der Waals surface area contributed by atoms with Gasteiger partial charge < -0.3 is 9.47 Å². The summed E-state index contributed by atoms with van der Waals surface area (Å²) in [5.74, 6) is 0.272. The van der Waals surface area contributed by atoms with Crippen molar-refractivity contribution in [1.82, 2.24) is 0 Å². The van der Waals surface area contributed by atoms with Gasteiger partial charge in [-0.3, -0.25) is 4.99 Å². The molecule has 0 aliphatic heterocycles. The van der Waals surface area contributed by atoms with Gasteiger partial charge in [0.05, 0.1) is 5.69 Å². The molecule has 0 N–H and O–H groups in total. The van der Waals surface area contributed by atoms with Gasteiger partial charge in [-0.2, -0.15) is 0 Å². The van der Waals surface area contributed by atoms with Crippen LogP contribution < -0.4 is 4.74 Å². The molecular formula is C20H23NO3. The number of hydrogen-bond acceptors (Lipinski definition) is 4. The van der Waals surface area contributed by atoms with E-state index >= 15 is 0 Å². The SMILES string of the molecule is C.C=CC(=O)O[C@@H](C)COc1ccc(-c2ccc(N=C)cc2)cc1. The zero-order chi connectivity index (χ0) is 16.7. The maximum Gasteiger partial charge on any atom is 0.330 e. The van der Waals surface area contributed by atoms with Crippen molar-refractivity contribution in [2.45, 2.75) is 20.5 Å². The number of hydrogen-bond donors (Lipinski definition) is 0. The summed E-state index contributed by atoms with van der Waals surface area (Å²) in [4.78, 5) is 14.9. The van der Waals surface area contributed by atoms with Crippen LogP contribution in [0.2, 0.25) is 0 Å². The number of esters is 1. The average Bonchev–Trinajstić information content (AvgIpc) is 2.60. The van der Waals surface area contributed by atoms with Crippen LogP contribution in [0.15, 0.2) is 66.2 Å². The summed E-state index contributed by atoms with van der Waals surface area (Å²) >= 11 is 0. The normalized spacial score (nSPS) is 10.9. The highest BCUT2D eigenvalue weighted by molar-refractivity contribution is 5.81. The Morgan fingerprint density at radius 2 is 1.67 bits per heavy atom. The molecule has 2 rings (SSSR count). The molecule has 2 aromatic rings. The Morgan fingerprint density at radius 1 is 1.12 bits per heavy atom. The van der Waals surface area contributed by atoms with Gasteiger partial charge in [-0.15, -0.1) is 0 Å². The summed E-state index contributed by atoms with van der Waals surface area (Å²) in [5, 5.41) is 0. The molecule has 0 fully saturated rings. The molecule has 0 aliphatic carbocycles. The van der Waals surface area contributed by atoms with E-state index in [0.717, 1.165) is 28.6 Å². The van der Waals surface area contributed by atoms with Gasteiger partial charge in [0.2, 0.25) is 0 Å². The summed E-state index contributed by atoms with van der Waals surface area (Å²) in [6.45, 7) is 8.92. The van der Waals surface area contributed by atoms with Gasteiger partial charge in [0, 0.05) is 6.08 Å². The van der Waals surface area contributed by atoms with E-state index in [9.17, 15) is 4.79 Å². The molecule has 2 aromatic carbocycles. The number of rotatable bonds is 7. The molecule has 0 spiro atoms. The second-order valence-electron chi connectivity index (χ2n) is 4.99. The van der Waals surface area contributed by atoms with E-state index in [1.54, 1.807) is 6.92 Å². The highest BCUT2D eigenvalue weighted by Crippen LogP contribution is 2.24. The molecule has 0 amide bonds. The Morgan fingerprint density at radius 3 is 2.17 bits per heavy atom. The number of carbonyl (C=O) groups is 1. The van der Waals surface area contributed by atoms with Crippen LogP contribution in [0.4, 0.5) is 5.69 Å². The van der Waals surface area contributed by atoms with Crippen LogP contribution >= 0.6 is 0 Å². The first kappa shape index (κ1) is 19.2. The summed E-state index contributed by atoms with van der Waals surface area (Å²) in [5.41, 5.74) is 3.02. The lowest BCUT2D eigenvalue weighted by molar-refractivity contribution is -0.143. The average molecular weight is 325 g/mol. The van der Waals surface area contributed by atoms with Crippen molar-refractivity contribution in [3.8, 4) is 16.9 Å². The highest BCUT2D eigenvalue weighted by atomic mass is 16.6. The quantitative estimate of drug-likeness (QED) is 0.416. The Bertz CT molecular complexity index is 675. The molecule has 0 unspecified atom stereocenters. The van der Waals surface area contributed by atoms with E-state index in [0.29, 0.717) is 6.61 Å². The van der Waals surface area contributed by atoms with Gasteiger partial charge in [0.1, 0.15) is 18.5 Å². The Labute approximate surface area is 143 Å². The van der Waals surface area contributed by atoms with Crippen LogP contribution in [-0.4, -0.2) is 25.4 Å². The molecule has 0 saturated carbocycles. The lowest BCUT2D eigenvalue weighted by Crippen LogP contribution is -2.20. The first-order valence-corrected chi connectivity index (χ1v) is 7.25. The van der Waals surface area contributed by atoms with Crippen molar-refractivity contribution < 1.29 is 14.3 Å². The largest absolute Gasteiger partial charge is 0.490 e. The molecule has 4 heteroatoms. The van der Waals surface area contributed by atoms with Crippen LogP contribution in [0.5, 0.6) is 5.75 Å². The molecule has 0 aliphatic rings. The Kier molecular flexibility index (Phi) is 7.43. The van der Waals surface area contributed by atoms with Crippen molar-refractivity contribution >= 4 is 18.4 Å². The summed E-state index contributed by atoms with van der Waals surface area (Å²) < 4.78 is 10.6. The van der Waals surface area contributed by atoms with E-state index in [1.165, 1.54) is 0 Å². The monoisotopic (exact) mass is 325 g/mol. The van der Waals surface area contributed by atoms with Crippen molar-refractivity contribution in [2.24, 2.45) is 4.99 Å². The van der Waals surface area contributed by atoms with Crippen molar-refractivity contribution in [3.63, 3.8) is 0 Å². The van der Waals surface area contributed by atoms with E-state index in [2.05, 4.69) is 18.3 Å². The van der Waals surface area contributed by atoms with E-state index in [1.807, 2.05) is 48.5 Å². The molecule has 1 atom stereocenters. The van der Waals surface area contributed by atoms with E-state index in [-0.39, 0.29) is 13.5 Å². The van der Waals surface area contributed by atoms with Crippen molar-refractivity contribution in [3.05, 3.63) is 61.2 Å². The minimum absolute atomic E-state index is 0. The third-order valence-electron chi connectivity index (χ3n) is 3.21. The molecule has 24 heavy (non-hydrogen) atoms. The molecule has 0 heterocycles. The third-order valence-corrected chi connectivity index (χ3v) is 3.21. The van der Waals surface area contributed by atoms with Crippen LogP contribution in [0.25, 0.3) is 11.1 Å². The molecular weight excluding hydrogens is 302 g/mol. The first-order chi connectivity index (χ1) is 11.1. The van der Waals surface area contributed by atoms with Gasteiger partial charge in [-0.25, -0.2) is 4.79 Å². The second-order valence-corrected chi connectivity index (χ2v) is 4.99. The van der Waals surface area contributed by atoms with Crippen LogP contribution in [0.1, 0.15) is 14.4 Å². The number of benzene rings is 2. The molecule has 0 bridgehead atoms.